The number of benzene rings is 2. The second kappa shape index (κ2) is 7.04. The van der Waals surface area contributed by atoms with Crippen LogP contribution in [0.2, 0.25) is 5.02 Å². The number of anilines is 1. The maximum atomic E-state index is 9.66. The van der Waals surface area contributed by atoms with E-state index in [0.717, 1.165) is 19.8 Å². The van der Waals surface area contributed by atoms with Gasteiger partial charge in [-0.2, -0.15) is 0 Å². The van der Waals surface area contributed by atoms with Gasteiger partial charge in [-0.05, 0) is 65.4 Å². The standard InChI is InChI=1S/C15H15ClINO2/c1-2-20-15-7-10(3-6-14(15)19)9-18-13-5-4-11(16)8-12(13)17/h3-8,18-19H,2,9H2,1H3. The van der Waals surface area contributed by atoms with Gasteiger partial charge in [-0.15, -0.1) is 0 Å². The summed E-state index contributed by atoms with van der Waals surface area (Å²) in [5.74, 6) is 0.675. The number of ether oxygens (including phenoxy) is 1. The van der Waals surface area contributed by atoms with Crippen LogP contribution in [-0.4, -0.2) is 11.7 Å². The van der Waals surface area contributed by atoms with Gasteiger partial charge in [0.25, 0.3) is 0 Å². The van der Waals surface area contributed by atoms with Crippen LogP contribution in [0.4, 0.5) is 5.69 Å². The van der Waals surface area contributed by atoms with E-state index in [0.29, 0.717) is 18.9 Å². The monoisotopic (exact) mass is 403 g/mol. The van der Waals surface area contributed by atoms with Crippen molar-refractivity contribution in [1.82, 2.24) is 0 Å². The summed E-state index contributed by atoms with van der Waals surface area (Å²) in [6.45, 7) is 3.07. The predicted octanol–water partition coefficient (Wildman–Crippen LogP) is 4.66. The zero-order chi connectivity index (χ0) is 14.5. The summed E-state index contributed by atoms with van der Waals surface area (Å²) in [5.41, 5.74) is 2.07. The fraction of sp³-hybridized carbons (Fsp3) is 0.200. The molecule has 20 heavy (non-hydrogen) atoms. The molecule has 2 N–H and O–H groups in total. The molecule has 0 bridgehead atoms. The predicted molar refractivity (Wildman–Crippen MR) is 90.8 cm³/mol. The molecular weight excluding hydrogens is 389 g/mol. The number of rotatable bonds is 5. The number of aromatic hydroxyl groups is 1. The van der Waals surface area contributed by atoms with Gasteiger partial charge in [-0.1, -0.05) is 17.7 Å². The van der Waals surface area contributed by atoms with Crippen LogP contribution < -0.4 is 10.1 Å². The fourth-order valence-electron chi connectivity index (χ4n) is 1.77. The highest BCUT2D eigenvalue weighted by molar-refractivity contribution is 14.1. The number of halogens is 2. The van der Waals surface area contributed by atoms with Crippen molar-refractivity contribution < 1.29 is 9.84 Å². The Balaban J connectivity index is 2.08. The Morgan fingerprint density at radius 3 is 2.75 bits per heavy atom. The molecule has 0 spiro atoms. The molecule has 2 rings (SSSR count). The minimum atomic E-state index is 0.164. The normalized spacial score (nSPS) is 10.3. The SMILES string of the molecule is CCOc1cc(CNc2ccc(Cl)cc2I)ccc1O. The van der Waals surface area contributed by atoms with Gasteiger partial charge in [-0.3, -0.25) is 0 Å². The van der Waals surface area contributed by atoms with Crippen LogP contribution in [0.3, 0.4) is 0 Å². The Kier molecular flexibility index (Phi) is 5.37. The zero-order valence-corrected chi connectivity index (χ0v) is 13.9. The van der Waals surface area contributed by atoms with E-state index in [-0.39, 0.29) is 5.75 Å². The molecule has 0 aromatic heterocycles. The lowest BCUT2D eigenvalue weighted by atomic mass is 10.2. The summed E-state index contributed by atoms with van der Waals surface area (Å²) in [5, 5.41) is 13.7. The molecule has 0 aliphatic heterocycles. The minimum Gasteiger partial charge on any atom is -0.504 e. The smallest absolute Gasteiger partial charge is 0.161 e. The first-order valence-corrected chi connectivity index (χ1v) is 7.69. The number of hydrogen-bond acceptors (Lipinski definition) is 3. The number of nitrogens with one attached hydrogen (secondary N) is 1. The third kappa shape index (κ3) is 3.93. The molecule has 3 nitrogen and oxygen atoms in total. The van der Waals surface area contributed by atoms with Crippen molar-refractivity contribution in [2.75, 3.05) is 11.9 Å². The summed E-state index contributed by atoms with van der Waals surface area (Å²) in [6.07, 6.45) is 0. The Morgan fingerprint density at radius 1 is 1.25 bits per heavy atom. The third-order valence-corrected chi connectivity index (χ3v) is 3.87. The van der Waals surface area contributed by atoms with E-state index in [4.69, 9.17) is 16.3 Å². The van der Waals surface area contributed by atoms with E-state index < -0.39 is 0 Å². The summed E-state index contributed by atoms with van der Waals surface area (Å²) in [7, 11) is 0. The molecule has 2 aromatic carbocycles. The van der Waals surface area contributed by atoms with Crippen molar-refractivity contribution in [2.24, 2.45) is 0 Å². The van der Waals surface area contributed by atoms with Crippen LogP contribution in [0.5, 0.6) is 11.5 Å². The van der Waals surface area contributed by atoms with E-state index >= 15 is 0 Å². The minimum absolute atomic E-state index is 0.164. The van der Waals surface area contributed by atoms with E-state index in [2.05, 4.69) is 27.9 Å². The largest absolute Gasteiger partial charge is 0.504 e. The molecule has 0 unspecified atom stereocenters. The van der Waals surface area contributed by atoms with Crippen molar-refractivity contribution in [2.45, 2.75) is 13.5 Å². The highest BCUT2D eigenvalue weighted by atomic mass is 127. The van der Waals surface area contributed by atoms with E-state index in [1.807, 2.05) is 37.3 Å². The Bertz CT molecular complexity index is 604. The van der Waals surface area contributed by atoms with Gasteiger partial charge >= 0.3 is 0 Å². The Labute approximate surface area is 137 Å². The summed E-state index contributed by atoms with van der Waals surface area (Å²) >= 11 is 8.17. The van der Waals surface area contributed by atoms with Crippen LogP contribution in [0.1, 0.15) is 12.5 Å². The van der Waals surface area contributed by atoms with E-state index in [9.17, 15) is 5.11 Å². The first-order chi connectivity index (χ1) is 9.60. The molecule has 0 atom stereocenters. The van der Waals surface area contributed by atoms with Gasteiger partial charge in [0.2, 0.25) is 0 Å². The molecule has 0 fully saturated rings. The summed E-state index contributed by atoms with van der Waals surface area (Å²) in [4.78, 5) is 0. The highest BCUT2D eigenvalue weighted by Crippen LogP contribution is 2.28. The average Bonchev–Trinajstić information content (AvgIpc) is 2.41. The van der Waals surface area contributed by atoms with Crippen molar-refractivity contribution in [3.63, 3.8) is 0 Å². The topological polar surface area (TPSA) is 41.5 Å². The van der Waals surface area contributed by atoms with Crippen LogP contribution in [0.15, 0.2) is 36.4 Å². The van der Waals surface area contributed by atoms with Gasteiger partial charge in [0.05, 0.1) is 6.61 Å². The molecule has 0 heterocycles. The molecule has 5 heteroatoms. The van der Waals surface area contributed by atoms with Gasteiger partial charge in [0.15, 0.2) is 11.5 Å². The number of phenols is 1. The lowest BCUT2D eigenvalue weighted by Gasteiger charge is -2.11. The molecule has 2 aromatic rings. The molecule has 0 aliphatic carbocycles. The lowest BCUT2D eigenvalue weighted by molar-refractivity contribution is 0.318. The molecule has 0 amide bonds. The van der Waals surface area contributed by atoms with Crippen LogP contribution in [-0.2, 0) is 6.54 Å². The first kappa shape index (κ1) is 15.3. The molecule has 106 valence electrons. The van der Waals surface area contributed by atoms with Crippen molar-refractivity contribution >= 4 is 39.9 Å². The second-order valence-corrected chi connectivity index (χ2v) is 5.81. The van der Waals surface area contributed by atoms with Crippen LogP contribution in [0, 0.1) is 3.57 Å². The lowest BCUT2D eigenvalue weighted by Crippen LogP contribution is -2.01. The quantitative estimate of drug-likeness (QED) is 0.714. The van der Waals surface area contributed by atoms with E-state index in [1.54, 1.807) is 6.07 Å². The number of phenolic OH excluding ortho intramolecular Hbond substituents is 1. The molecular formula is C15H15ClINO2. The van der Waals surface area contributed by atoms with Crippen molar-refractivity contribution in [1.29, 1.82) is 0 Å². The number of hydrogen-bond donors (Lipinski definition) is 2. The van der Waals surface area contributed by atoms with Crippen LogP contribution in [0.25, 0.3) is 0 Å². The van der Waals surface area contributed by atoms with E-state index in [1.165, 1.54) is 0 Å². The van der Waals surface area contributed by atoms with Crippen molar-refractivity contribution in [3.05, 3.63) is 50.6 Å². The first-order valence-electron chi connectivity index (χ1n) is 6.23. The zero-order valence-electron chi connectivity index (χ0n) is 11.0. The fourth-order valence-corrected chi connectivity index (χ4v) is 2.83. The molecule has 0 saturated heterocycles. The van der Waals surface area contributed by atoms with Crippen LogP contribution >= 0.6 is 34.2 Å². The van der Waals surface area contributed by atoms with Gasteiger partial charge in [-0.25, -0.2) is 0 Å². The average molecular weight is 404 g/mol. The highest BCUT2D eigenvalue weighted by Gasteiger charge is 2.05. The third-order valence-electron chi connectivity index (χ3n) is 2.74. The summed E-state index contributed by atoms with van der Waals surface area (Å²) < 4.78 is 6.44. The molecule has 0 aliphatic rings. The van der Waals surface area contributed by atoms with Gasteiger partial charge in [0, 0.05) is 20.8 Å². The second-order valence-electron chi connectivity index (χ2n) is 4.21. The van der Waals surface area contributed by atoms with Crippen molar-refractivity contribution in [3.8, 4) is 11.5 Å². The Morgan fingerprint density at radius 2 is 2.05 bits per heavy atom. The van der Waals surface area contributed by atoms with Gasteiger partial charge < -0.3 is 15.2 Å². The Hall–Kier alpha value is -1.14. The maximum Gasteiger partial charge on any atom is 0.161 e. The summed E-state index contributed by atoms with van der Waals surface area (Å²) in [6, 6.07) is 11.1. The molecule has 0 radical (unpaired) electrons. The molecule has 0 saturated carbocycles. The van der Waals surface area contributed by atoms with Gasteiger partial charge in [0.1, 0.15) is 0 Å². The maximum absolute atomic E-state index is 9.66.